The van der Waals surface area contributed by atoms with Gasteiger partial charge in [-0.15, -0.1) is 0 Å². The van der Waals surface area contributed by atoms with Crippen LogP contribution < -0.4 is 10.1 Å². The fourth-order valence-electron chi connectivity index (χ4n) is 2.47. The van der Waals surface area contributed by atoms with Crippen LogP contribution in [0.4, 0.5) is 5.69 Å². The lowest BCUT2D eigenvalue weighted by Gasteiger charge is -2.11. The average molecular weight is 354 g/mol. The number of benzene rings is 2. The molecule has 0 atom stereocenters. The number of anilines is 1. The SMILES string of the molecule is COc1ccccc1NC(=O)Cn1c(-c2ccc(C)cc2)n[nH]c1=S. The van der Waals surface area contributed by atoms with Crippen molar-refractivity contribution >= 4 is 23.8 Å². The lowest BCUT2D eigenvalue weighted by Crippen LogP contribution is -2.19. The van der Waals surface area contributed by atoms with Gasteiger partial charge in [-0.3, -0.25) is 14.5 Å². The molecule has 7 heteroatoms. The van der Waals surface area contributed by atoms with Crippen molar-refractivity contribution in [1.82, 2.24) is 14.8 Å². The summed E-state index contributed by atoms with van der Waals surface area (Å²) >= 11 is 5.27. The topological polar surface area (TPSA) is 71.9 Å². The Morgan fingerprint density at radius 2 is 1.96 bits per heavy atom. The molecule has 1 heterocycles. The molecule has 0 bridgehead atoms. The van der Waals surface area contributed by atoms with E-state index in [9.17, 15) is 4.79 Å². The maximum Gasteiger partial charge on any atom is 0.244 e. The van der Waals surface area contributed by atoms with E-state index in [0.717, 1.165) is 11.1 Å². The molecule has 2 aromatic carbocycles. The number of methoxy groups -OCH3 is 1. The molecule has 0 radical (unpaired) electrons. The molecule has 25 heavy (non-hydrogen) atoms. The van der Waals surface area contributed by atoms with Gasteiger partial charge in [-0.05, 0) is 31.3 Å². The van der Waals surface area contributed by atoms with Gasteiger partial charge in [-0.2, -0.15) is 5.10 Å². The highest BCUT2D eigenvalue weighted by Gasteiger charge is 2.13. The number of hydrogen-bond acceptors (Lipinski definition) is 4. The van der Waals surface area contributed by atoms with E-state index in [-0.39, 0.29) is 12.5 Å². The van der Waals surface area contributed by atoms with Gasteiger partial charge in [0.05, 0.1) is 12.8 Å². The summed E-state index contributed by atoms with van der Waals surface area (Å²) in [5.74, 6) is 1.01. The first-order chi connectivity index (χ1) is 12.1. The fourth-order valence-corrected chi connectivity index (χ4v) is 2.67. The van der Waals surface area contributed by atoms with Gasteiger partial charge >= 0.3 is 0 Å². The van der Waals surface area contributed by atoms with E-state index in [1.165, 1.54) is 0 Å². The van der Waals surface area contributed by atoms with Crippen LogP contribution in [0.5, 0.6) is 5.75 Å². The van der Waals surface area contributed by atoms with Gasteiger partial charge in [0.1, 0.15) is 12.3 Å². The average Bonchev–Trinajstić information content (AvgIpc) is 2.97. The van der Waals surface area contributed by atoms with Crippen LogP contribution in [0.2, 0.25) is 0 Å². The first-order valence-corrected chi connectivity index (χ1v) is 8.14. The zero-order valence-electron chi connectivity index (χ0n) is 13.9. The predicted molar refractivity (Wildman–Crippen MR) is 99.2 cm³/mol. The lowest BCUT2D eigenvalue weighted by atomic mass is 10.1. The minimum atomic E-state index is -0.213. The van der Waals surface area contributed by atoms with Crippen LogP contribution in [0.3, 0.4) is 0 Å². The molecule has 2 N–H and O–H groups in total. The van der Waals surface area contributed by atoms with Gasteiger partial charge in [0.15, 0.2) is 10.6 Å². The van der Waals surface area contributed by atoms with Gasteiger partial charge in [0.25, 0.3) is 0 Å². The van der Waals surface area contributed by atoms with Gasteiger partial charge in [0.2, 0.25) is 5.91 Å². The Morgan fingerprint density at radius 3 is 2.68 bits per heavy atom. The highest BCUT2D eigenvalue weighted by molar-refractivity contribution is 7.71. The van der Waals surface area contributed by atoms with Crippen molar-refractivity contribution in [3.05, 3.63) is 58.9 Å². The van der Waals surface area contributed by atoms with E-state index >= 15 is 0 Å². The Bertz CT molecular complexity index is 944. The minimum Gasteiger partial charge on any atom is -0.495 e. The quantitative estimate of drug-likeness (QED) is 0.687. The summed E-state index contributed by atoms with van der Waals surface area (Å²) < 4.78 is 7.31. The molecule has 0 unspecified atom stereocenters. The highest BCUT2D eigenvalue weighted by Crippen LogP contribution is 2.23. The number of aromatic amines is 1. The molecule has 1 amide bonds. The first-order valence-electron chi connectivity index (χ1n) is 7.73. The minimum absolute atomic E-state index is 0.0522. The molecule has 0 fully saturated rings. The van der Waals surface area contributed by atoms with Crippen molar-refractivity contribution < 1.29 is 9.53 Å². The van der Waals surface area contributed by atoms with Crippen molar-refractivity contribution in [2.45, 2.75) is 13.5 Å². The molecule has 0 spiro atoms. The molecule has 0 saturated heterocycles. The standard InChI is InChI=1S/C18H18N4O2S/c1-12-7-9-13(10-8-12)17-20-21-18(25)22(17)11-16(23)19-14-5-3-4-6-15(14)24-2/h3-10H,11H2,1-2H3,(H,19,23)(H,21,25). The van der Waals surface area contributed by atoms with Gasteiger partial charge in [0, 0.05) is 5.56 Å². The normalized spacial score (nSPS) is 10.5. The Balaban J connectivity index is 1.83. The summed E-state index contributed by atoms with van der Waals surface area (Å²) in [4.78, 5) is 12.5. The van der Waals surface area contributed by atoms with Gasteiger partial charge < -0.3 is 10.1 Å². The zero-order chi connectivity index (χ0) is 17.8. The number of para-hydroxylation sites is 2. The maximum absolute atomic E-state index is 12.5. The Hall–Kier alpha value is -2.93. The monoisotopic (exact) mass is 354 g/mol. The molecule has 1 aromatic heterocycles. The van der Waals surface area contributed by atoms with E-state index in [1.54, 1.807) is 23.8 Å². The summed E-state index contributed by atoms with van der Waals surface area (Å²) in [5, 5.41) is 9.85. The molecule has 128 valence electrons. The number of ether oxygens (including phenoxy) is 1. The van der Waals surface area contributed by atoms with Crippen molar-refractivity contribution in [3.8, 4) is 17.1 Å². The number of aromatic nitrogens is 3. The first kappa shape index (κ1) is 16.9. The van der Waals surface area contributed by atoms with Crippen molar-refractivity contribution in [1.29, 1.82) is 0 Å². The second-order valence-electron chi connectivity index (χ2n) is 5.55. The highest BCUT2D eigenvalue weighted by atomic mass is 32.1. The Kier molecular flexibility index (Phi) is 4.95. The van der Waals surface area contributed by atoms with Crippen molar-refractivity contribution in [2.24, 2.45) is 0 Å². The molecule has 0 saturated carbocycles. The predicted octanol–water partition coefficient (Wildman–Crippen LogP) is 3.56. The molecule has 0 aliphatic carbocycles. The number of rotatable bonds is 5. The molecule has 3 aromatic rings. The second kappa shape index (κ2) is 7.31. The summed E-state index contributed by atoms with van der Waals surface area (Å²) in [6, 6.07) is 15.1. The Labute approximate surface area is 150 Å². The molecule has 6 nitrogen and oxygen atoms in total. The fraction of sp³-hybridized carbons (Fsp3) is 0.167. The third-order valence-electron chi connectivity index (χ3n) is 3.75. The third kappa shape index (κ3) is 3.77. The number of amides is 1. The number of hydrogen-bond donors (Lipinski definition) is 2. The number of carbonyl (C=O) groups excluding carboxylic acids is 1. The zero-order valence-corrected chi connectivity index (χ0v) is 14.8. The Morgan fingerprint density at radius 1 is 1.24 bits per heavy atom. The molecule has 3 rings (SSSR count). The summed E-state index contributed by atoms with van der Waals surface area (Å²) in [6.07, 6.45) is 0. The van der Waals surface area contributed by atoms with E-state index in [4.69, 9.17) is 17.0 Å². The summed E-state index contributed by atoms with van der Waals surface area (Å²) in [6.45, 7) is 2.07. The van der Waals surface area contributed by atoms with Gasteiger partial charge in [-0.25, -0.2) is 0 Å². The number of nitrogens with one attached hydrogen (secondary N) is 2. The summed E-state index contributed by atoms with van der Waals surface area (Å²) in [7, 11) is 1.56. The van der Waals surface area contributed by atoms with Crippen LogP contribution in [0.1, 0.15) is 5.56 Å². The van der Waals surface area contributed by atoms with Gasteiger partial charge in [-0.1, -0.05) is 42.0 Å². The van der Waals surface area contributed by atoms with Crippen molar-refractivity contribution in [3.63, 3.8) is 0 Å². The van der Waals surface area contributed by atoms with Crippen molar-refractivity contribution in [2.75, 3.05) is 12.4 Å². The van der Waals surface area contributed by atoms with E-state index in [1.807, 2.05) is 43.3 Å². The van der Waals surface area contributed by atoms with Crippen LogP contribution >= 0.6 is 12.2 Å². The third-order valence-corrected chi connectivity index (χ3v) is 4.06. The number of nitrogens with zero attached hydrogens (tertiary/aromatic N) is 2. The van der Waals surface area contributed by atoms with Crippen LogP contribution in [0.15, 0.2) is 48.5 Å². The number of carbonyl (C=O) groups is 1. The number of H-pyrrole nitrogens is 1. The lowest BCUT2D eigenvalue weighted by molar-refractivity contribution is -0.116. The smallest absolute Gasteiger partial charge is 0.244 e. The van der Waals surface area contributed by atoms with E-state index in [2.05, 4.69) is 15.5 Å². The van der Waals surface area contributed by atoms with E-state index < -0.39 is 0 Å². The summed E-state index contributed by atoms with van der Waals surface area (Å²) in [5.41, 5.74) is 2.66. The maximum atomic E-state index is 12.5. The molecule has 0 aliphatic rings. The second-order valence-corrected chi connectivity index (χ2v) is 5.94. The van der Waals surface area contributed by atoms with Crippen LogP contribution in [-0.2, 0) is 11.3 Å². The molecular weight excluding hydrogens is 336 g/mol. The van der Waals surface area contributed by atoms with Crippen LogP contribution in [0.25, 0.3) is 11.4 Å². The molecule has 0 aliphatic heterocycles. The largest absolute Gasteiger partial charge is 0.495 e. The van der Waals surface area contributed by atoms with Crippen LogP contribution in [-0.4, -0.2) is 27.8 Å². The van der Waals surface area contributed by atoms with Crippen LogP contribution in [0, 0.1) is 11.7 Å². The van der Waals surface area contributed by atoms with E-state index in [0.29, 0.717) is 22.0 Å². The molecular formula is C18H18N4O2S. The number of aryl methyl sites for hydroxylation is 1.